The Bertz CT molecular complexity index is 1760. The molecule has 3 heterocycles. The third-order valence-electron chi connectivity index (χ3n) is 9.13. The van der Waals surface area contributed by atoms with Gasteiger partial charge in [0.05, 0.1) is 33.1 Å². The molecule has 0 radical (unpaired) electrons. The van der Waals surface area contributed by atoms with Gasteiger partial charge >= 0.3 is 12.0 Å². The highest BCUT2D eigenvalue weighted by atomic mass is 32.1. The number of rotatable bonds is 8. The fourth-order valence-electron chi connectivity index (χ4n) is 6.74. The molecule has 1 aliphatic carbocycles. The van der Waals surface area contributed by atoms with E-state index >= 15 is 0 Å². The molecule has 6 rings (SSSR count). The van der Waals surface area contributed by atoms with Gasteiger partial charge in [-0.25, -0.2) is 4.79 Å². The van der Waals surface area contributed by atoms with Crippen molar-refractivity contribution in [2.75, 3.05) is 51.3 Å². The van der Waals surface area contributed by atoms with E-state index in [1.807, 2.05) is 66.4 Å². The van der Waals surface area contributed by atoms with E-state index in [2.05, 4.69) is 42.0 Å². The molecule has 0 saturated carbocycles. The number of thiophene rings is 1. The maximum atomic E-state index is 14.8. The van der Waals surface area contributed by atoms with Gasteiger partial charge in [-0.3, -0.25) is 9.69 Å². The molecule has 46 heavy (non-hydrogen) atoms. The number of esters is 1. The van der Waals surface area contributed by atoms with E-state index in [0.29, 0.717) is 30.3 Å². The van der Waals surface area contributed by atoms with E-state index in [0.717, 1.165) is 41.8 Å². The van der Waals surface area contributed by atoms with Gasteiger partial charge in [0, 0.05) is 48.2 Å². The van der Waals surface area contributed by atoms with Crippen LogP contribution in [-0.4, -0.2) is 62.9 Å². The van der Waals surface area contributed by atoms with E-state index < -0.39 is 0 Å². The summed E-state index contributed by atoms with van der Waals surface area (Å²) in [5, 5.41) is 1.21. The number of methoxy groups -OCH3 is 2. The Morgan fingerprint density at radius 3 is 2.46 bits per heavy atom. The molecule has 0 spiro atoms. The lowest BCUT2D eigenvalue weighted by Gasteiger charge is -2.35. The first-order valence-corrected chi connectivity index (χ1v) is 16.6. The number of hydrogen-bond donors (Lipinski definition) is 0. The van der Waals surface area contributed by atoms with Crippen LogP contribution >= 0.6 is 11.3 Å². The second-order valence-electron chi connectivity index (χ2n) is 11.9. The van der Waals surface area contributed by atoms with E-state index in [9.17, 15) is 9.59 Å². The monoisotopic (exact) mass is 642 g/mol. The number of anilines is 2. The number of urea groups is 1. The van der Waals surface area contributed by atoms with Crippen molar-refractivity contribution in [2.24, 2.45) is 0 Å². The molecular formula is C36H42N4O5S. The van der Waals surface area contributed by atoms with Gasteiger partial charge in [0.15, 0.2) is 11.5 Å². The Morgan fingerprint density at radius 1 is 0.957 bits per heavy atom. The zero-order valence-corrected chi connectivity index (χ0v) is 28.3. The number of hydrogen-bond acceptors (Lipinski definition) is 7. The lowest BCUT2D eigenvalue weighted by molar-refractivity contribution is -0.141. The van der Waals surface area contributed by atoms with E-state index in [1.165, 1.54) is 27.4 Å². The molecule has 9 nitrogen and oxygen atoms in total. The number of carbonyl (C=O) groups excluding carboxylic acids is 2. The van der Waals surface area contributed by atoms with Gasteiger partial charge in [0.25, 0.3) is 0 Å². The van der Waals surface area contributed by atoms with Crippen molar-refractivity contribution < 1.29 is 23.8 Å². The fourth-order valence-corrected chi connectivity index (χ4v) is 8.14. The predicted molar refractivity (Wildman–Crippen MR) is 182 cm³/mol. The lowest BCUT2D eigenvalue weighted by Crippen LogP contribution is -2.43. The molecule has 0 bridgehead atoms. The van der Waals surface area contributed by atoms with Crippen LogP contribution in [0.4, 0.5) is 16.2 Å². The first-order chi connectivity index (χ1) is 22.2. The minimum absolute atomic E-state index is 0.114. The summed E-state index contributed by atoms with van der Waals surface area (Å²) in [5.41, 5.74) is 7.38. The molecule has 242 valence electrons. The Balaban J connectivity index is 1.45. The van der Waals surface area contributed by atoms with Crippen LogP contribution < -0.4 is 19.3 Å². The summed E-state index contributed by atoms with van der Waals surface area (Å²) in [5.74, 6) is 0.905. The first kappa shape index (κ1) is 31.5. The van der Waals surface area contributed by atoms with Crippen LogP contribution in [0.15, 0.2) is 54.7 Å². The van der Waals surface area contributed by atoms with Gasteiger partial charge < -0.3 is 28.6 Å². The number of fused-ring (bicyclic) bond motifs is 5. The molecule has 10 heteroatoms. The van der Waals surface area contributed by atoms with Crippen molar-refractivity contribution in [1.29, 1.82) is 0 Å². The number of aromatic nitrogens is 1. The van der Waals surface area contributed by atoms with Gasteiger partial charge in [0.1, 0.15) is 17.6 Å². The topological polar surface area (TPSA) is 76.5 Å². The van der Waals surface area contributed by atoms with Crippen molar-refractivity contribution in [3.63, 3.8) is 0 Å². The third-order valence-corrected chi connectivity index (χ3v) is 10.5. The smallest absolute Gasteiger partial charge is 0.325 e. The number of benzene rings is 2. The average Bonchev–Trinajstić information content (AvgIpc) is 3.66. The molecule has 2 amide bonds. The lowest BCUT2D eigenvalue weighted by atomic mass is 9.94. The molecule has 2 aromatic heterocycles. The number of ether oxygens (including phenoxy) is 3. The van der Waals surface area contributed by atoms with E-state index in [4.69, 9.17) is 14.2 Å². The molecule has 4 aromatic rings. The second kappa shape index (κ2) is 13.1. The van der Waals surface area contributed by atoms with Crippen molar-refractivity contribution >= 4 is 34.7 Å². The Kier molecular flexibility index (Phi) is 8.99. The second-order valence-corrected chi connectivity index (χ2v) is 13.0. The van der Waals surface area contributed by atoms with Crippen molar-refractivity contribution in [3.05, 3.63) is 87.6 Å². The first-order valence-electron chi connectivity index (χ1n) is 15.8. The minimum atomic E-state index is -0.353. The summed E-state index contributed by atoms with van der Waals surface area (Å²) < 4.78 is 18.5. The zero-order chi connectivity index (χ0) is 32.5. The SMILES string of the molecule is CCOC(=O)CN(C)c1ccc(C2c3cccn3-c3sc4c(c3CN2C(=O)N(C)c2ccc(OC)c(OC)c2)CCCC4)c(C)c1. The molecule has 0 saturated heterocycles. The van der Waals surface area contributed by atoms with Gasteiger partial charge in [-0.05, 0) is 92.6 Å². The van der Waals surface area contributed by atoms with Crippen LogP contribution in [0.25, 0.3) is 5.00 Å². The summed E-state index contributed by atoms with van der Waals surface area (Å²) in [6.45, 7) is 4.89. The number of amides is 2. The summed E-state index contributed by atoms with van der Waals surface area (Å²) >= 11 is 1.87. The average molecular weight is 643 g/mol. The van der Waals surface area contributed by atoms with Crippen molar-refractivity contribution in [3.8, 4) is 16.5 Å². The highest BCUT2D eigenvalue weighted by Crippen LogP contribution is 2.45. The quantitative estimate of drug-likeness (QED) is 0.195. The van der Waals surface area contributed by atoms with Gasteiger partial charge in [-0.2, -0.15) is 0 Å². The summed E-state index contributed by atoms with van der Waals surface area (Å²) in [4.78, 5) is 34.1. The predicted octanol–water partition coefficient (Wildman–Crippen LogP) is 6.90. The van der Waals surface area contributed by atoms with Gasteiger partial charge in [-0.15, -0.1) is 11.3 Å². The molecule has 1 unspecified atom stereocenters. The molecule has 0 fully saturated rings. The summed E-state index contributed by atoms with van der Waals surface area (Å²) in [7, 11) is 6.90. The highest BCUT2D eigenvalue weighted by molar-refractivity contribution is 7.15. The van der Waals surface area contributed by atoms with Crippen LogP contribution in [0.1, 0.15) is 58.6 Å². The zero-order valence-electron chi connectivity index (χ0n) is 27.5. The van der Waals surface area contributed by atoms with Gasteiger partial charge in [0.2, 0.25) is 0 Å². The molecule has 1 atom stereocenters. The minimum Gasteiger partial charge on any atom is -0.493 e. The standard InChI is InChI=1S/C36H42N4O5S/c1-7-45-33(41)22-37(3)24-14-16-26(23(2)19-24)34-29-12-10-18-39(29)35-28(27-11-8-9-13-32(27)46-35)21-40(34)36(42)38(4)25-15-17-30(43-5)31(20-25)44-6/h10,12,14-20,34H,7-9,11,13,21-22H2,1-6H3. The molecule has 0 N–H and O–H groups in total. The fraction of sp³-hybridized carbons (Fsp3) is 0.389. The third kappa shape index (κ3) is 5.70. The molecular weight excluding hydrogens is 600 g/mol. The van der Waals surface area contributed by atoms with Crippen LogP contribution in [-0.2, 0) is 28.9 Å². The number of aryl methyl sites for hydroxylation is 2. The number of carbonyl (C=O) groups is 2. The van der Waals surface area contributed by atoms with Crippen LogP contribution in [0.2, 0.25) is 0 Å². The Hall–Kier alpha value is -4.44. The molecule has 1 aliphatic heterocycles. The van der Waals surface area contributed by atoms with E-state index in [1.54, 1.807) is 19.1 Å². The number of nitrogens with zero attached hydrogens (tertiary/aromatic N) is 4. The number of likely N-dealkylation sites (N-methyl/N-ethyl adjacent to an activating group) is 1. The maximum absolute atomic E-state index is 14.8. The molecule has 2 aliphatic rings. The largest absolute Gasteiger partial charge is 0.493 e. The van der Waals surface area contributed by atoms with Crippen LogP contribution in [0.3, 0.4) is 0 Å². The normalized spacial score (nSPS) is 15.3. The Labute approximate surface area is 274 Å². The van der Waals surface area contributed by atoms with Gasteiger partial charge in [-0.1, -0.05) is 6.07 Å². The van der Waals surface area contributed by atoms with Crippen molar-refractivity contribution in [2.45, 2.75) is 52.1 Å². The molecule has 2 aromatic carbocycles. The van der Waals surface area contributed by atoms with Crippen molar-refractivity contribution in [1.82, 2.24) is 9.47 Å². The summed E-state index contributed by atoms with van der Waals surface area (Å²) in [6, 6.07) is 15.5. The Morgan fingerprint density at radius 2 is 1.72 bits per heavy atom. The van der Waals surface area contributed by atoms with Crippen LogP contribution in [0, 0.1) is 6.92 Å². The van der Waals surface area contributed by atoms with E-state index in [-0.39, 0.29) is 24.6 Å². The van der Waals surface area contributed by atoms with Crippen LogP contribution in [0.5, 0.6) is 11.5 Å². The summed E-state index contributed by atoms with van der Waals surface area (Å²) in [6.07, 6.45) is 6.63. The maximum Gasteiger partial charge on any atom is 0.325 e. The highest BCUT2D eigenvalue weighted by Gasteiger charge is 2.38.